The topological polar surface area (TPSA) is 93.7 Å². The van der Waals surface area contributed by atoms with Crippen molar-refractivity contribution in [2.24, 2.45) is 0 Å². The Kier molecular flexibility index (Phi) is 3.95. The van der Waals surface area contributed by atoms with E-state index in [0.29, 0.717) is 5.82 Å². The van der Waals surface area contributed by atoms with Crippen molar-refractivity contribution >= 4 is 17.6 Å². The van der Waals surface area contributed by atoms with Crippen LogP contribution in [0.15, 0.2) is 24.5 Å². The van der Waals surface area contributed by atoms with E-state index in [4.69, 9.17) is 5.73 Å². The minimum atomic E-state index is 0.261. The van der Waals surface area contributed by atoms with E-state index in [9.17, 15) is 0 Å². The van der Waals surface area contributed by atoms with Crippen LogP contribution in [0, 0.1) is 0 Å². The summed E-state index contributed by atoms with van der Waals surface area (Å²) in [5.74, 6) is 1.70. The summed E-state index contributed by atoms with van der Waals surface area (Å²) in [6.45, 7) is 1.68. The van der Waals surface area contributed by atoms with Gasteiger partial charge in [0.05, 0.1) is 0 Å². The molecule has 0 saturated heterocycles. The summed E-state index contributed by atoms with van der Waals surface area (Å²) in [6, 6.07) is 3.74. The van der Waals surface area contributed by atoms with Crippen LogP contribution < -0.4 is 16.4 Å². The summed E-state index contributed by atoms with van der Waals surface area (Å²) in [7, 11) is 1.79. The smallest absolute Gasteiger partial charge is 0.223 e. The van der Waals surface area contributed by atoms with Crippen LogP contribution in [0.2, 0.25) is 0 Å². The molecule has 2 aromatic rings. The van der Waals surface area contributed by atoms with Crippen LogP contribution in [-0.4, -0.2) is 33.3 Å². The Bertz CT molecular complexity index is 480. The molecule has 2 rings (SSSR count). The fourth-order valence-electron chi connectivity index (χ4n) is 1.57. The largest absolute Gasteiger partial charge is 0.373 e. The zero-order chi connectivity index (χ0) is 12.8. The van der Waals surface area contributed by atoms with Crippen molar-refractivity contribution in [2.45, 2.75) is 13.0 Å². The summed E-state index contributed by atoms with van der Waals surface area (Å²) in [5, 5.41) is 10.3. The lowest BCUT2D eigenvalue weighted by Gasteiger charge is -2.08. The highest BCUT2D eigenvalue weighted by Crippen LogP contribution is 2.11. The van der Waals surface area contributed by atoms with Crippen molar-refractivity contribution < 1.29 is 0 Å². The molecule has 7 heteroatoms. The molecule has 0 radical (unpaired) electrons. The van der Waals surface area contributed by atoms with Crippen LogP contribution in [0.3, 0.4) is 0 Å². The highest BCUT2D eigenvalue weighted by atomic mass is 15.3. The van der Waals surface area contributed by atoms with Gasteiger partial charge in [-0.05, 0) is 12.5 Å². The Hall–Kier alpha value is -2.31. The molecule has 0 unspecified atom stereocenters. The maximum absolute atomic E-state index is 5.60. The number of nitrogen functional groups attached to an aromatic ring is 1. The molecule has 4 N–H and O–H groups in total. The summed E-state index contributed by atoms with van der Waals surface area (Å²) in [4.78, 5) is 8.13. The molecule has 0 aliphatic heterocycles. The highest BCUT2D eigenvalue weighted by Gasteiger charge is 2.00. The molecule has 7 nitrogen and oxygen atoms in total. The fourth-order valence-corrected chi connectivity index (χ4v) is 1.57. The maximum Gasteiger partial charge on any atom is 0.223 e. The average molecular weight is 247 g/mol. The first kappa shape index (κ1) is 12.2. The Morgan fingerprint density at radius 2 is 2.17 bits per heavy atom. The standard InChI is InChI=1S/C11H17N7/c1-13-9-8-10(17-11(12)16-9)14-4-2-6-18-7-3-5-15-18/h3,5,7-8H,2,4,6H2,1H3,(H4,12,13,14,16,17). The molecule has 0 amide bonds. The van der Waals surface area contributed by atoms with E-state index < -0.39 is 0 Å². The van der Waals surface area contributed by atoms with E-state index >= 15 is 0 Å². The monoisotopic (exact) mass is 247 g/mol. The van der Waals surface area contributed by atoms with Crippen molar-refractivity contribution in [1.82, 2.24) is 19.7 Å². The number of rotatable bonds is 6. The molecule has 18 heavy (non-hydrogen) atoms. The predicted octanol–water partition coefficient (Wildman–Crippen LogP) is 0.799. The molecule has 2 heterocycles. The van der Waals surface area contributed by atoms with Gasteiger partial charge in [0, 0.05) is 38.6 Å². The summed E-state index contributed by atoms with van der Waals surface area (Å²) in [6.07, 6.45) is 4.68. The number of aromatic nitrogens is 4. The molecule has 0 fully saturated rings. The minimum absolute atomic E-state index is 0.261. The Labute approximate surface area is 105 Å². The number of nitrogens with two attached hydrogens (primary N) is 1. The number of hydrogen-bond acceptors (Lipinski definition) is 6. The second-order valence-electron chi connectivity index (χ2n) is 3.80. The Balaban J connectivity index is 1.81. The van der Waals surface area contributed by atoms with Gasteiger partial charge in [-0.2, -0.15) is 15.1 Å². The SMILES string of the molecule is CNc1cc(NCCCn2cccn2)nc(N)n1. The van der Waals surface area contributed by atoms with Gasteiger partial charge >= 0.3 is 0 Å². The lowest BCUT2D eigenvalue weighted by Crippen LogP contribution is -2.10. The van der Waals surface area contributed by atoms with Gasteiger partial charge in [-0.1, -0.05) is 0 Å². The predicted molar refractivity (Wildman–Crippen MR) is 71.3 cm³/mol. The van der Waals surface area contributed by atoms with E-state index in [0.717, 1.165) is 25.3 Å². The van der Waals surface area contributed by atoms with Crippen LogP contribution in [0.5, 0.6) is 0 Å². The first-order valence-corrected chi connectivity index (χ1v) is 5.81. The van der Waals surface area contributed by atoms with E-state index in [1.165, 1.54) is 0 Å². The molecular formula is C11H17N7. The van der Waals surface area contributed by atoms with Gasteiger partial charge < -0.3 is 16.4 Å². The van der Waals surface area contributed by atoms with Crippen molar-refractivity contribution in [1.29, 1.82) is 0 Å². The number of anilines is 3. The van der Waals surface area contributed by atoms with Gasteiger partial charge in [0.25, 0.3) is 0 Å². The second kappa shape index (κ2) is 5.85. The molecule has 2 aromatic heterocycles. The highest BCUT2D eigenvalue weighted by molar-refractivity contribution is 5.50. The van der Waals surface area contributed by atoms with Crippen molar-refractivity contribution in [3.05, 3.63) is 24.5 Å². The zero-order valence-corrected chi connectivity index (χ0v) is 10.3. The van der Waals surface area contributed by atoms with Gasteiger partial charge in [-0.15, -0.1) is 0 Å². The van der Waals surface area contributed by atoms with Gasteiger partial charge in [-0.3, -0.25) is 4.68 Å². The lowest BCUT2D eigenvalue weighted by atomic mass is 10.4. The first-order chi connectivity index (χ1) is 8.78. The number of hydrogen-bond donors (Lipinski definition) is 3. The first-order valence-electron chi connectivity index (χ1n) is 5.81. The third-order valence-electron chi connectivity index (χ3n) is 2.43. The molecule has 0 saturated carbocycles. The molecular weight excluding hydrogens is 230 g/mol. The molecule has 0 aromatic carbocycles. The second-order valence-corrected chi connectivity index (χ2v) is 3.80. The van der Waals surface area contributed by atoms with Gasteiger partial charge in [0.1, 0.15) is 11.6 Å². The summed E-state index contributed by atoms with van der Waals surface area (Å²) >= 11 is 0. The van der Waals surface area contributed by atoms with Crippen molar-refractivity contribution in [2.75, 3.05) is 30.0 Å². The van der Waals surface area contributed by atoms with Gasteiger partial charge in [0.15, 0.2) is 0 Å². The van der Waals surface area contributed by atoms with E-state index in [1.54, 1.807) is 13.2 Å². The van der Waals surface area contributed by atoms with E-state index in [2.05, 4.69) is 25.7 Å². The third-order valence-corrected chi connectivity index (χ3v) is 2.43. The molecule has 0 atom stereocenters. The van der Waals surface area contributed by atoms with E-state index in [1.807, 2.05) is 23.0 Å². The van der Waals surface area contributed by atoms with Gasteiger partial charge in [0.2, 0.25) is 5.95 Å². The number of nitrogens with one attached hydrogen (secondary N) is 2. The van der Waals surface area contributed by atoms with Crippen molar-refractivity contribution in [3.63, 3.8) is 0 Å². The normalized spacial score (nSPS) is 10.3. The summed E-state index contributed by atoms with van der Waals surface area (Å²) in [5.41, 5.74) is 5.60. The average Bonchev–Trinajstić information content (AvgIpc) is 2.87. The van der Waals surface area contributed by atoms with E-state index in [-0.39, 0.29) is 5.95 Å². The maximum atomic E-state index is 5.60. The van der Waals surface area contributed by atoms with Gasteiger partial charge in [-0.25, -0.2) is 0 Å². The quantitative estimate of drug-likeness (QED) is 0.654. The van der Waals surface area contributed by atoms with Crippen LogP contribution in [0.4, 0.5) is 17.6 Å². The van der Waals surface area contributed by atoms with Crippen LogP contribution in [0.1, 0.15) is 6.42 Å². The molecule has 0 aliphatic rings. The van der Waals surface area contributed by atoms with Crippen molar-refractivity contribution in [3.8, 4) is 0 Å². The molecule has 96 valence electrons. The molecule has 0 spiro atoms. The van der Waals surface area contributed by atoms with Crippen LogP contribution >= 0.6 is 0 Å². The summed E-state index contributed by atoms with van der Waals surface area (Å²) < 4.78 is 1.90. The number of aryl methyl sites for hydroxylation is 1. The van der Waals surface area contributed by atoms with Crippen LogP contribution in [0.25, 0.3) is 0 Å². The molecule has 0 aliphatic carbocycles. The minimum Gasteiger partial charge on any atom is -0.373 e. The molecule has 0 bridgehead atoms. The Morgan fingerprint density at radius 1 is 1.33 bits per heavy atom. The Morgan fingerprint density at radius 3 is 2.89 bits per heavy atom. The third kappa shape index (κ3) is 3.34. The zero-order valence-electron chi connectivity index (χ0n) is 10.3. The number of nitrogens with zero attached hydrogens (tertiary/aromatic N) is 4. The lowest BCUT2D eigenvalue weighted by molar-refractivity contribution is 0.591. The van der Waals surface area contributed by atoms with Crippen LogP contribution in [-0.2, 0) is 6.54 Å². The fraction of sp³-hybridized carbons (Fsp3) is 0.364.